The minimum absolute atomic E-state index is 0.278. The Balaban J connectivity index is -0.000000105. The van der Waals surface area contributed by atoms with Crippen LogP contribution in [0.25, 0.3) is 0 Å². The molecule has 0 aromatic heterocycles. The second-order valence-corrected chi connectivity index (χ2v) is 1.37. The fourth-order valence-electron chi connectivity index (χ4n) is 0. The van der Waals surface area contributed by atoms with Crippen LogP contribution in [0.2, 0.25) is 0 Å². The van der Waals surface area contributed by atoms with Gasteiger partial charge < -0.3 is 16.0 Å². The maximum Gasteiger partial charge on any atom is 0.317 e. The minimum Gasteiger partial charge on any atom is -0.480 e. The van der Waals surface area contributed by atoms with Crippen LogP contribution in [0.4, 0.5) is 0 Å². The molecular weight excluding hydrogens is 196 g/mol. The van der Waals surface area contributed by atoms with Gasteiger partial charge in [-0.15, -0.1) is 4.91 Å². The Labute approximate surface area is 69.2 Å². The van der Waals surface area contributed by atoms with Gasteiger partial charge in [0.1, 0.15) is 0 Å². The first-order valence-corrected chi connectivity index (χ1v) is 3.17. The van der Waals surface area contributed by atoms with Gasteiger partial charge in [0.2, 0.25) is 0 Å². The Morgan fingerprint density at radius 1 is 1.50 bits per heavy atom. The van der Waals surface area contributed by atoms with Crippen molar-refractivity contribution in [3.05, 3.63) is 4.91 Å². The molecule has 74 valence electrons. The minimum atomic E-state index is -2.61. The number of aliphatic carboxylic acids is 1. The zero-order valence-electron chi connectivity index (χ0n) is 5.65. The van der Waals surface area contributed by atoms with Crippen LogP contribution in [0.1, 0.15) is 0 Å². The van der Waals surface area contributed by atoms with Crippen molar-refractivity contribution < 1.29 is 28.4 Å². The van der Waals surface area contributed by atoms with E-state index < -0.39 is 17.3 Å². The third-order valence-electron chi connectivity index (χ3n) is 0.175. The molecule has 0 saturated heterocycles. The SMILES string of the molecule is NCC(=O)O.O=NO.O=S(O)O. The Kier molecular flexibility index (Phi) is 23.5. The number of carboxylic acids is 1. The zero-order valence-corrected chi connectivity index (χ0v) is 6.47. The normalized spacial score (nSPS) is 7.00. The molecule has 10 heteroatoms. The summed E-state index contributed by atoms with van der Waals surface area (Å²) < 4.78 is 22.8. The van der Waals surface area contributed by atoms with E-state index in [4.69, 9.17) is 28.5 Å². The van der Waals surface area contributed by atoms with E-state index in [-0.39, 0.29) is 6.54 Å². The van der Waals surface area contributed by atoms with E-state index in [2.05, 4.69) is 5.73 Å². The number of hydrogen-bond acceptors (Lipinski definition) is 5. The van der Waals surface area contributed by atoms with E-state index in [9.17, 15) is 4.79 Å². The van der Waals surface area contributed by atoms with Crippen LogP contribution >= 0.6 is 0 Å². The molecule has 0 atom stereocenters. The van der Waals surface area contributed by atoms with Crippen LogP contribution < -0.4 is 5.73 Å². The lowest BCUT2D eigenvalue weighted by atomic mass is 10.7. The molecule has 0 rings (SSSR count). The molecule has 0 amide bonds. The van der Waals surface area contributed by atoms with Gasteiger partial charge in [0.15, 0.2) is 5.34 Å². The number of carboxylic acid groups (broad SMARTS) is 1. The van der Waals surface area contributed by atoms with Crippen molar-refractivity contribution in [3.8, 4) is 0 Å². The van der Waals surface area contributed by atoms with Gasteiger partial charge in [-0.3, -0.25) is 13.9 Å². The topological polar surface area (TPSA) is 171 Å². The van der Waals surface area contributed by atoms with E-state index in [1.54, 1.807) is 0 Å². The first-order valence-electron chi connectivity index (χ1n) is 2.10. The molecule has 0 bridgehead atoms. The number of carbonyl (C=O) groups is 1. The van der Waals surface area contributed by atoms with Gasteiger partial charge in [0.05, 0.1) is 6.54 Å². The molecule has 0 aliphatic carbocycles. The van der Waals surface area contributed by atoms with Crippen LogP contribution in [-0.4, -0.2) is 36.1 Å². The average Bonchev–Trinajstić information content (AvgIpc) is 1.88. The summed E-state index contributed by atoms with van der Waals surface area (Å²) in [5.74, 6) is -0.968. The zero-order chi connectivity index (χ0) is 10.6. The van der Waals surface area contributed by atoms with Crippen molar-refractivity contribution in [2.45, 2.75) is 0 Å². The van der Waals surface area contributed by atoms with Gasteiger partial charge >= 0.3 is 5.97 Å². The molecule has 0 aromatic rings. The van der Waals surface area contributed by atoms with Crippen LogP contribution in [0.3, 0.4) is 0 Å². The maximum absolute atomic E-state index is 9.24. The molecule has 0 spiro atoms. The molecule has 0 radical (unpaired) electrons. The van der Waals surface area contributed by atoms with E-state index in [0.717, 1.165) is 0 Å². The number of hydrogen-bond donors (Lipinski definition) is 5. The fraction of sp³-hybridized carbons (Fsp3) is 0.500. The monoisotopic (exact) mass is 204 g/mol. The Morgan fingerprint density at radius 2 is 1.58 bits per heavy atom. The molecule has 0 fully saturated rings. The number of nitrogens with two attached hydrogens (primary N) is 1. The Hall–Kier alpha value is -1.10. The molecule has 9 nitrogen and oxygen atoms in total. The van der Waals surface area contributed by atoms with Gasteiger partial charge in [0, 0.05) is 0 Å². The lowest BCUT2D eigenvalue weighted by molar-refractivity contribution is -0.135. The van der Waals surface area contributed by atoms with Crippen molar-refractivity contribution in [2.24, 2.45) is 11.1 Å². The highest BCUT2D eigenvalue weighted by atomic mass is 32.2. The Morgan fingerprint density at radius 3 is 1.58 bits per heavy atom. The summed E-state index contributed by atoms with van der Waals surface area (Å²) in [5, 5.41) is 15.5. The summed E-state index contributed by atoms with van der Waals surface area (Å²) in [7, 11) is 0. The average molecular weight is 204 g/mol. The summed E-state index contributed by atoms with van der Waals surface area (Å²) in [6.45, 7) is -0.278. The van der Waals surface area contributed by atoms with Crippen molar-refractivity contribution in [1.29, 1.82) is 0 Å². The molecule has 0 saturated carbocycles. The summed E-state index contributed by atoms with van der Waals surface area (Å²) in [5.41, 5.74) is 4.57. The largest absolute Gasteiger partial charge is 0.480 e. The first kappa shape index (κ1) is 17.1. The van der Waals surface area contributed by atoms with E-state index in [0.29, 0.717) is 0 Å². The molecule has 0 aliphatic heterocycles. The molecule has 12 heavy (non-hydrogen) atoms. The van der Waals surface area contributed by atoms with Crippen molar-refractivity contribution >= 4 is 17.3 Å². The van der Waals surface area contributed by atoms with Crippen molar-refractivity contribution in [2.75, 3.05) is 6.54 Å². The number of nitrogens with zero attached hydrogens (tertiary/aromatic N) is 1. The van der Waals surface area contributed by atoms with Crippen molar-refractivity contribution in [1.82, 2.24) is 0 Å². The van der Waals surface area contributed by atoms with Crippen LogP contribution in [0.15, 0.2) is 5.34 Å². The van der Waals surface area contributed by atoms with Gasteiger partial charge in [-0.2, -0.15) is 4.21 Å². The predicted molar refractivity (Wildman–Crippen MR) is 37.7 cm³/mol. The van der Waals surface area contributed by atoms with Crippen LogP contribution in [0.5, 0.6) is 0 Å². The van der Waals surface area contributed by atoms with Crippen LogP contribution in [-0.2, 0) is 16.2 Å². The lowest BCUT2D eigenvalue weighted by Gasteiger charge is -1.73. The Bertz CT molecular complexity index is 133. The quantitative estimate of drug-likeness (QED) is 0.202. The van der Waals surface area contributed by atoms with Crippen molar-refractivity contribution in [3.63, 3.8) is 0 Å². The van der Waals surface area contributed by atoms with E-state index >= 15 is 0 Å². The van der Waals surface area contributed by atoms with Gasteiger partial charge in [-0.1, -0.05) is 0 Å². The first-order chi connectivity index (χ1) is 5.42. The lowest BCUT2D eigenvalue weighted by Crippen LogP contribution is -2.10. The van der Waals surface area contributed by atoms with E-state index in [1.807, 2.05) is 0 Å². The molecular formula is C2H8N2O7S. The highest BCUT2D eigenvalue weighted by Crippen LogP contribution is 1.44. The summed E-state index contributed by atoms with van der Waals surface area (Å²) >= 11 is -2.61. The number of rotatable bonds is 1. The summed E-state index contributed by atoms with van der Waals surface area (Å²) in [6.07, 6.45) is 0. The smallest absolute Gasteiger partial charge is 0.317 e. The second-order valence-electron chi connectivity index (χ2n) is 0.910. The summed E-state index contributed by atoms with van der Waals surface area (Å²) in [4.78, 5) is 17.4. The van der Waals surface area contributed by atoms with Gasteiger partial charge in [-0.05, 0) is 0 Å². The second kappa shape index (κ2) is 16.5. The van der Waals surface area contributed by atoms with E-state index in [1.165, 1.54) is 5.34 Å². The third-order valence-corrected chi connectivity index (χ3v) is 0.175. The molecule has 0 aliphatic rings. The standard InChI is InChI=1S/C2H5NO2.HNO2.H2O3S/c3-1-2(4)5;2-1-3;1-4(2)3/h1,3H2,(H,4,5);(H,2,3);(H2,1,2,3). The highest BCUT2D eigenvalue weighted by Gasteiger charge is 1.81. The van der Waals surface area contributed by atoms with Crippen LogP contribution in [0, 0.1) is 4.91 Å². The van der Waals surface area contributed by atoms with Gasteiger partial charge in [0.25, 0.3) is 11.4 Å². The fourth-order valence-corrected chi connectivity index (χ4v) is 0. The molecule has 0 heterocycles. The molecule has 0 aromatic carbocycles. The summed E-state index contributed by atoms with van der Waals surface area (Å²) in [6, 6.07) is 0. The molecule has 6 N–H and O–H groups in total. The predicted octanol–water partition coefficient (Wildman–Crippen LogP) is -1.15. The third kappa shape index (κ3) is 686. The van der Waals surface area contributed by atoms with Gasteiger partial charge in [-0.25, -0.2) is 0 Å². The maximum atomic E-state index is 9.24. The highest BCUT2D eigenvalue weighted by molar-refractivity contribution is 7.73. The molecule has 0 unspecified atom stereocenters.